The molecule has 0 radical (unpaired) electrons. The van der Waals surface area contributed by atoms with E-state index in [0.717, 1.165) is 37.1 Å². The predicted octanol–water partition coefficient (Wildman–Crippen LogP) is 4.59. The molecule has 2 fully saturated rings. The number of nitrogens with zero attached hydrogens (tertiary/aromatic N) is 4. The van der Waals surface area contributed by atoms with Crippen LogP contribution in [0.15, 0.2) is 87.0 Å². The topological polar surface area (TPSA) is 99.6 Å². The van der Waals surface area contributed by atoms with Gasteiger partial charge in [-0.15, -0.1) is 4.40 Å². The summed E-state index contributed by atoms with van der Waals surface area (Å²) in [7, 11) is -6.43. The second kappa shape index (κ2) is 12.5. The minimum Gasteiger partial charge on any atom is -0.497 e. The first-order chi connectivity index (χ1) is 20.1. The Balaban J connectivity index is 1.64. The molecule has 2 heterocycles. The number of aryl methyl sites for hydroxylation is 2. The van der Waals surface area contributed by atoms with Gasteiger partial charge in [-0.2, -0.15) is 12.7 Å². The number of sulfonamides is 2. The number of likely N-dealkylation sites (tertiary alicyclic amines) is 1. The van der Waals surface area contributed by atoms with Crippen LogP contribution in [0.3, 0.4) is 0 Å². The van der Waals surface area contributed by atoms with Gasteiger partial charge in [0.15, 0.2) is 0 Å². The van der Waals surface area contributed by atoms with Crippen LogP contribution >= 0.6 is 0 Å². The molecule has 5 rings (SSSR count). The van der Waals surface area contributed by atoms with Crippen molar-refractivity contribution in [1.82, 2.24) is 14.1 Å². The van der Waals surface area contributed by atoms with Gasteiger partial charge in [0.1, 0.15) is 17.8 Å². The van der Waals surface area contributed by atoms with Crippen LogP contribution < -0.4 is 4.74 Å². The maximum absolute atomic E-state index is 14.2. The highest BCUT2D eigenvalue weighted by Crippen LogP contribution is 2.36. The average molecular weight is 611 g/mol. The van der Waals surface area contributed by atoms with Crippen LogP contribution in [0.25, 0.3) is 0 Å². The van der Waals surface area contributed by atoms with E-state index in [4.69, 9.17) is 4.74 Å². The molecule has 0 N–H and O–H groups in total. The summed E-state index contributed by atoms with van der Waals surface area (Å²) in [6.45, 7) is 6.50. The molecular weight excluding hydrogens is 572 g/mol. The monoisotopic (exact) mass is 610 g/mol. The van der Waals surface area contributed by atoms with E-state index in [-0.39, 0.29) is 16.3 Å². The van der Waals surface area contributed by atoms with E-state index in [2.05, 4.69) is 9.30 Å². The van der Waals surface area contributed by atoms with E-state index in [1.54, 1.807) is 67.8 Å². The maximum Gasteiger partial charge on any atom is 0.283 e. The first-order valence-corrected chi connectivity index (χ1v) is 17.1. The molecule has 224 valence electrons. The lowest BCUT2D eigenvalue weighted by molar-refractivity contribution is 0.120. The third kappa shape index (κ3) is 6.54. The van der Waals surface area contributed by atoms with Crippen molar-refractivity contribution >= 4 is 25.9 Å². The number of amidine groups is 1. The van der Waals surface area contributed by atoms with Crippen molar-refractivity contribution in [3.05, 3.63) is 89.5 Å². The van der Waals surface area contributed by atoms with Crippen LogP contribution in [0.2, 0.25) is 0 Å². The molecule has 2 aliphatic rings. The van der Waals surface area contributed by atoms with Gasteiger partial charge in [0.25, 0.3) is 10.0 Å². The summed E-state index contributed by atoms with van der Waals surface area (Å²) in [5.74, 6) is 0.976. The van der Waals surface area contributed by atoms with Crippen molar-refractivity contribution in [1.29, 1.82) is 0 Å². The van der Waals surface area contributed by atoms with Gasteiger partial charge in [-0.1, -0.05) is 47.5 Å². The summed E-state index contributed by atoms with van der Waals surface area (Å²) < 4.78 is 66.9. The van der Waals surface area contributed by atoms with E-state index < -0.39 is 26.2 Å². The summed E-state index contributed by atoms with van der Waals surface area (Å²) in [4.78, 5) is 4.34. The number of hydrogen-bond acceptors (Lipinski definition) is 6. The molecule has 11 heteroatoms. The fourth-order valence-corrected chi connectivity index (χ4v) is 8.15. The lowest BCUT2D eigenvalue weighted by atomic mass is 10.1. The molecule has 1 atom stereocenters. The second-order valence-corrected chi connectivity index (χ2v) is 14.4. The molecule has 0 amide bonds. The third-order valence-electron chi connectivity index (χ3n) is 7.83. The van der Waals surface area contributed by atoms with Crippen molar-refractivity contribution in [3.63, 3.8) is 0 Å². The van der Waals surface area contributed by atoms with Crippen LogP contribution in [0, 0.1) is 13.8 Å². The number of hydrogen-bond donors (Lipinski definition) is 0. The third-order valence-corrected chi connectivity index (χ3v) is 11.0. The molecule has 3 aromatic rings. The van der Waals surface area contributed by atoms with Crippen molar-refractivity contribution < 1.29 is 21.6 Å². The Kier molecular flexibility index (Phi) is 9.03. The Hall–Kier alpha value is -3.25. The number of ether oxygens (including phenoxy) is 1. The predicted molar refractivity (Wildman–Crippen MR) is 164 cm³/mol. The highest BCUT2D eigenvalue weighted by molar-refractivity contribution is 7.90. The average Bonchev–Trinajstić information content (AvgIpc) is 3.50. The largest absolute Gasteiger partial charge is 0.497 e. The van der Waals surface area contributed by atoms with Crippen LogP contribution in [-0.4, -0.2) is 76.6 Å². The fraction of sp³-hybridized carbons (Fsp3) is 0.387. The summed E-state index contributed by atoms with van der Waals surface area (Å²) >= 11 is 0. The SMILES string of the molecule is COc1ccc(C2N(/C(CN3CCCC3)=N\S(=O)(=O)c3ccc(C)cc3)CCCN2S(=O)(=O)c2ccc(C)cc2)cc1. The van der Waals surface area contributed by atoms with Gasteiger partial charge in [-0.05, 0) is 88.2 Å². The van der Waals surface area contributed by atoms with Gasteiger partial charge >= 0.3 is 0 Å². The highest BCUT2D eigenvalue weighted by Gasteiger charge is 2.41. The van der Waals surface area contributed by atoms with Gasteiger partial charge in [-0.25, -0.2) is 8.42 Å². The zero-order chi connectivity index (χ0) is 29.9. The van der Waals surface area contributed by atoms with Crippen LogP contribution in [-0.2, 0) is 20.0 Å². The minimum atomic E-state index is -4.06. The molecule has 0 spiro atoms. The molecule has 9 nitrogen and oxygen atoms in total. The van der Waals surface area contributed by atoms with Crippen LogP contribution in [0.4, 0.5) is 0 Å². The number of rotatable bonds is 8. The molecule has 2 saturated heterocycles. The van der Waals surface area contributed by atoms with Crippen molar-refractivity contribution in [2.24, 2.45) is 4.40 Å². The summed E-state index contributed by atoms with van der Waals surface area (Å²) in [5.41, 5.74) is 2.61. The van der Waals surface area contributed by atoms with E-state index in [9.17, 15) is 16.8 Å². The highest BCUT2D eigenvalue weighted by atomic mass is 32.2. The quantitative estimate of drug-likeness (QED) is 0.272. The standard InChI is InChI=1S/C31H38N4O5S2/c1-24-7-15-28(16-8-24)41(36,37)32-30(23-33-19-4-5-20-33)34-21-6-22-35(31(34)26-11-13-27(40-3)14-12-26)42(38,39)29-17-9-25(2)10-18-29/h7-18,31H,4-6,19-23H2,1-3H3/b32-30-. The van der Waals surface area contributed by atoms with Crippen LogP contribution in [0.5, 0.6) is 5.75 Å². The Labute approximate surface area is 249 Å². The molecule has 2 aliphatic heterocycles. The normalized spacial score (nSPS) is 19.3. The molecule has 0 saturated carbocycles. The minimum absolute atomic E-state index is 0.106. The summed E-state index contributed by atoms with van der Waals surface area (Å²) in [5, 5.41) is 0. The Morgan fingerprint density at radius 2 is 1.33 bits per heavy atom. The van der Waals surface area contributed by atoms with E-state index in [1.807, 2.05) is 30.9 Å². The molecule has 0 aliphatic carbocycles. The Morgan fingerprint density at radius 3 is 1.90 bits per heavy atom. The lowest BCUT2D eigenvalue weighted by Crippen LogP contribution is -2.54. The Morgan fingerprint density at radius 1 is 0.762 bits per heavy atom. The van der Waals surface area contributed by atoms with Gasteiger partial charge < -0.3 is 9.64 Å². The summed E-state index contributed by atoms with van der Waals surface area (Å²) in [6, 6.07) is 20.7. The van der Waals surface area contributed by atoms with Gasteiger partial charge in [0.2, 0.25) is 10.0 Å². The van der Waals surface area contributed by atoms with Gasteiger partial charge in [0, 0.05) is 13.1 Å². The molecule has 3 aromatic carbocycles. The van der Waals surface area contributed by atoms with Gasteiger partial charge in [-0.3, -0.25) is 4.90 Å². The smallest absolute Gasteiger partial charge is 0.283 e. The molecular formula is C31H38N4O5S2. The van der Waals surface area contributed by atoms with Crippen molar-refractivity contribution in [2.45, 2.75) is 49.1 Å². The molecule has 0 bridgehead atoms. The first-order valence-electron chi connectivity index (χ1n) is 14.2. The molecule has 42 heavy (non-hydrogen) atoms. The van der Waals surface area contributed by atoms with E-state index >= 15 is 0 Å². The maximum atomic E-state index is 14.2. The number of methoxy groups -OCH3 is 1. The zero-order valence-electron chi connectivity index (χ0n) is 24.3. The zero-order valence-corrected chi connectivity index (χ0v) is 25.9. The van der Waals surface area contributed by atoms with Crippen molar-refractivity contribution in [2.75, 3.05) is 39.8 Å². The molecule has 1 unspecified atom stereocenters. The molecule has 0 aromatic heterocycles. The Bertz CT molecular complexity index is 1620. The van der Waals surface area contributed by atoms with E-state index in [1.165, 1.54) is 4.31 Å². The van der Waals surface area contributed by atoms with Gasteiger partial charge in [0.05, 0.1) is 23.4 Å². The fourth-order valence-electron chi connectivity index (χ4n) is 5.50. The summed E-state index contributed by atoms with van der Waals surface area (Å²) in [6.07, 6.45) is 1.76. The van der Waals surface area contributed by atoms with E-state index in [0.29, 0.717) is 36.7 Å². The number of benzene rings is 3. The lowest BCUT2D eigenvalue weighted by Gasteiger charge is -2.45. The first kappa shape index (κ1) is 30.2. The second-order valence-electron chi connectivity index (χ2n) is 10.9. The van der Waals surface area contributed by atoms with Crippen LogP contribution in [0.1, 0.15) is 42.1 Å². The van der Waals surface area contributed by atoms with Crippen molar-refractivity contribution in [3.8, 4) is 5.75 Å².